The Balaban J connectivity index is 1.47. The number of benzene rings is 1. The van der Waals surface area contributed by atoms with Crippen molar-refractivity contribution in [1.29, 1.82) is 0 Å². The molecule has 0 radical (unpaired) electrons. The lowest BCUT2D eigenvalue weighted by Crippen LogP contribution is -2.25. The molecule has 0 saturated heterocycles. The third-order valence-electron chi connectivity index (χ3n) is 4.36. The molecule has 3 aromatic rings. The van der Waals surface area contributed by atoms with Gasteiger partial charge >= 0.3 is 0 Å². The van der Waals surface area contributed by atoms with Crippen LogP contribution in [0, 0.1) is 0 Å². The molecule has 1 aliphatic heterocycles. The van der Waals surface area contributed by atoms with E-state index in [2.05, 4.69) is 27.2 Å². The maximum Gasteiger partial charge on any atom is 0.234 e. The van der Waals surface area contributed by atoms with Gasteiger partial charge in [0.1, 0.15) is 10.6 Å². The zero-order valence-electron chi connectivity index (χ0n) is 14.7. The van der Waals surface area contributed by atoms with E-state index in [0.717, 1.165) is 29.7 Å². The number of hydrogen-bond acceptors (Lipinski definition) is 7. The van der Waals surface area contributed by atoms with Crippen molar-refractivity contribution in [3.8, 4) is 0 Å². The molecule has 9 heteroatoms. The molecule has 3 heterocycles. The number of carbonyl (C=O) groups excluding carboxylic acids is 1. The van der Waals surface area contributed by atoms with Gasteiger partial charge in [-0.1, -0.05) is 23.4 Å². The number of anilines is 2. The molecule has 0 saturated carbocycles. The summed E-state index contributed by atoms with van der Waals surface area (Å²) in [6.45, 7) is 1.93. The number of hydrogen-bond donors (Lipinski definition) is 2. The fourth-order valence-electron chi connectivity index (χ4n) is 3.06. The summed E-state index contributed by atoms with van der Waals surface area (Å²) in [5.74, 6) is 0.584. The highest BCUT2D eigenvalue weighted by Gasteiger charge is 2.22. The van der Waals surface area contributed by atoms with E-state index in [4.69, 9.17) is 17.3 Å². The highest BCUT2D eigenvalue weighted by Crippen LogP contribution is 2.37. The van der Waals surface area contributed by atoms with Crippen molar-refractivity contribution in [2.75, 3.05) is 30.4 Å². The lowest BCUT2D eigenvalue weighted by atomic mass is 10.1. The number of thiophene rings is 1. The minimum Gasteiger partial charge on any atom is -0.383 e. The molecule has 6 nitrogen and oxygen atoms in total. The summed E-state index contributed by atoms with van der Waals surface area (Å²) in [4.78, 5) is 25.7. The molecule has 140 valence electrons. The van der Waals surface area contributed by atoms with E-state index in [1.807, 2.05) is 0 Å². The van der Waals surface area contributed by atoms with Gasteiger partial charge in [0.25, 0.3) is 0 Å². The molecule has 0 fully saturated rings. The number of carbonyl (C=O) groups is 1. The fraction of sp³-hybridized carbons (Fsp3) is 0.278. The van der Waals surface area contributed by atoms with E-state index in [1.54, 1.807) is 35.6 Å². The molecule has 1 amide bonds. The summed E-state index contributed by atoms with van der Waals surface area (Å²) in [6.07, 6.45) is 0.968. The van der Waals surface area contributed by atoms with Crippen molar-refractivity contribution < 1.29 is 4.79 Å². The van der Waals surface area contributed by atoms with E-state index in [0.29, 0.717) is 21.7 Å². The summed E-state index contributed by atoms with van der Waals surface area (Å²) in [5.41, 5.74) is 8.20. The number of aromatic nitrogens is 2. The van der Waals surface area contributed by atoms with Crippen LogP contribution in [0.2, 0.25) is 5.02 Å². The Labute approximate surface area is 170 Å². The quantitative estimate of drug-likeness (QED) is 0.496. The Kier molecular flexibility index (Phi) is 5.23. The van der Waals surface area contributed by atoms with Crippen LogP contribution >= 0.6 is 34.7 Å². The molecule has 4 rings (SSSR count). The van der Waals surface area contributed by atoms with Crippen LogP contribution in [0.15, 0.2) is 29.4 Å². The van der Waals surface area contributed by atoms with Crippen molar-refractivity contribution >= 4 is 62.3 Å². The van der Waals surface area contributed by atoms with Crippen LogP contribution in [0.5, 0.6) is 0 Å². The molecule has 0 bridgehead atoms. The number of nitrogen functional groups attached to an aromatic ring is 1. The van der Waals surface area contributed by atoms with E-state index < -0.39 is 0 Å². The van der Waals surface area contributed by atoms with Crippen LogP contribution < -0.4 is 11.1 Å². The Hall–Kier alpha value is -1.87. The SMILES string of the molecule is CN1CCc2c(sc3nc(SCC(=O)Nc4ccc(Cl)cc4)nc(N)c23)C1. The Morgan fingerprint density at radius 2 is 2.15 bits per heavy atom. The highest BCUT2D eigenvalue weighted by molar-refractivity contribution is 7.99. The maximum absolute atomic E-state index is 12.2. The number of nitrogens with one attached hydrogen (secondary N) is 1. The molecule has 0 unspecified atom stereocenters. The first kappa shape index (κ1) is 18.5. The molecule has 2 aromatic heterocycles. The smallest absolute Gasteiger partial charge is 0.234 e. The third kappa shape index (κ3) is 4.03. The van der Waals surface area contributed by atoms with Gasteiger partial charge in [-0.25, -0.2) is 9.97 Å². The van der Waals surface area contributed by atoms with E-state index in [1.165, 1.54) is 22.2 Å². The predicted octanol–water partition coefficient (Wildman–Crippen LogP) is 3.65. The van der Waals surface area contributed by atoms with Gasteiger partial charge in [-0.3, -0.25) is 4.79 Å². The van der Waals surface area contributed by atoms with Gasteiger partial charge in [-0.05, 0) is 43.3 Å². The first-order chi connectivity index (χ1) is 13.0. The normalized spacial score (nSPS) is 14.3. The van der Waals surface area contributed by atoms with Crippen LogP contribution in [0.1, 0.15) is 10.4 Å². The molecular formula is C18H18ClN5OS2. The second kappa shape index (κ2) is 7.63. The highest BCUT2D eigenvalue weighted by atomic mass is 35.5. The molecule has 1 aromatic carbocycles. The van der Waals surface area contributed by atoms with Crippen LogP contribution in [0.3, 0.4) is 0 Å². The lowest BCUT2D eigenvalue weighted by molar-refractivity contribution is -0.113. The topological polar surface area (TPSA) is 84.1 Å². The van der Waals surface area contributed by atoms with Crippen LogP contribution in [-0.2, 0) is 17.8 Å². The zero-order chi connectivity index (χ0) is 19.0. The zero-order valence-corrected chi connectivity index (χ0v) is 17.0. The number of nitrogens with zero attached hydrogens (tertiary/aromatic N) is 3. The molecule has 3 N–H and O–H groups in total. The second-order valence-electron chi connectivity index (χ2n) is 6.41. The molecule has 0 aliphatic carbocycles. The van der Waals surface area contributed by atoms with Gasteiger partial charge in [0.05, 0.1) is 11.1 Å². The van der Waals surface area contributed by atoms with Crippen LogP contribution in [0.25, 0.3) is 10.2 Å². The van der Waals surface area contributed by atoms with Crippen molar-refractivity contribution in [1.82, 2.24) is 14.9 Å². The van der Waals surface area contributed by atoms with Gasteiger partial charge in [0.15, 0.2) is 5.16 Å². The Morgan fingerprint density at radius 1 is 1.37 bits per heavy atom. The summed E-state index contributed by atoms with van der Waals surface area (Å²) < 4.78 is 0. The number of nitrogens with two attached hydrogens (primary N) is 1. The number of rotatable bonds is 4. The predicted molar refractivity (Wildman–Crippen MR) is 113 cm³/mol. The second-order valence-corrected chi connectivity index (χ2v) is 8.87. The van der Waals surface area contributed by atoms with Gasteiger partial charge in [-0.2, -0.15) is 0 Å². The third-order valence-corrected chi connectivity index (χ3v) is 6.57. The summed E-state index contributed by atoms with van der Waals surface area (Å²) in [7, 11) is 2.11. The number of fused-ring (bicyclic) bond motifs is 3. The summed E-state index contributed by atoms with van der Waals surface area (Å²) in [5, 5.41) is 4.97. The summed E-state index contributed by atoms with van der Waals surface area (Å²) in [6, 6.07) is 6.99. The maximum atomic E-state index is 12.2. The lowest BCUT2D eigenvalue weighted by Gasteiger charge is -2.22. The van der Waals surface area contributed by atoms with Crippen LogP contribution in [0.4, 0.5) is 11.5 Å². The molecule has 1 aliphatic rings. The van der Waals surface area contributed by atoms with E-state index in [-0.39, 0.29) is 11.7 Å². The molecule has 0 atom stereocenters. The van der Waals surface area contributed by atoms with E-state index >= 15 is 0 Å². The first-order valence-corrected chi connectivity index (χ1v) is 10.6. The average molecular weight is 420 g/mol. The number of amides is 1. The monoisotopic (exact) mass is 419 g/mol. The largest absolute Gasteiger partial charge is 0.383 e. The minimum absolute atomic E-state index is 0.128. The van der Waals surface area contributed by atoms with Crippen molar-refractivity contribution in [2.45, 2.75) is 18.1 Å². The fourth-order valence-corrected chi connectivity index (χ4v) is 5.20. The van der Waals surface area contributed by atoms with Gasteiger partial charge in [0, 0.05) is 28.7 Å². The van der Waals surface area contributed by atoms with Crippen molar-refractivity contribution in [3.63, 3.8) is 0 Å². The standard InChI is InChI=1S/C18H18ClN5OS2/c1-24-7-6-12-13(8-24)27-17-15(12)16(20)22-18(23-17)26-9-14(25)21-11-4-2-10(19)3-5-11/h2-5H,6-9H2,1H3,(H,21,25)(H2,20,22,23). The van der Waals surface area contributed by atoms with Crippen molar-refractivity contribution in [2.24, 2.45) is 0 Å². The van der Waals surface area contributed by atoms with Crippen molar-refractivity contribution in [3.05, 3.63) is 39.7 Å². The minimum atomic E-state index is -0.128. The Morgan fingerprint density at radius 3 is 2.93 bits per heavy atom. The first-order valence-electron chi connectivity index (χ1n) is 8.44. The number of thioether (sulfide) groups is 1. The average Bonchev–Trinajstić information content (AvgIpc) is 2.99. The molecular weight excluding hydrogens is 402 g/mol. The number of likely N-dealkylation sites (N-methyl/N-ethyl adjacent to an activating group) is 1. The summed E-state index contributed by atoms with van der Waals surface area (Å²) >= 11 is 8.80. The van der Waals surface area contributed by atoms with Crippen LogP contribution in [-0.4, -0.2) is 40.1 Å². The van der Waals surface area contributed by atoms with Gasteiger partial charge < -0.3 is 16.0 Å². The number of halogens is 1. The van der Waals surface area contributed by atoms with Gasteiger partial charge in [-0.15, -0.1) is 11.3 Å². The molecule has 0 spiro atoms. The Bertz CT molecular complexity index is 1010. The van der Waals surface area contributed by atoms with Gasteiger partial charge in [0.2, 0.25) is 5.91 Å². The van der Waals surface area contributed by atoms with E-state index in [9.17, 15) is 4.79 Å². The molecule has 27 heavy (non-hydrogen) atoms.